The molecule has 1 aliphatic rings. The molecule has 0 bridgehead atoms. The molecule has 0 aromatic carbocycles. The number of nitrogens with one attached hydrogen (secondary N) is 1. The molecule has 1 N–H and O–H groups in total. The van der Waals surface area contributed by atoms with Crippen molar-refractivity contribution in [2.24, 2.45) is 0 Å². The van der Waals surface area contributed by atoms with Gasteiger partial charge in [-0.1, -0.05) is 0 Å². The van der Waals surface area contributed by atoms with E-state index in [4.69, 9.17) is 0 Å². The largest absolute Gasteiger partial charge is 0.353 e. The van der Waals surface area contributed by atoms with Crippen molar-refractivity contribution in [3.63, 3.8) is 0 Å². The molecule has 2 rings (SSSR count). The SMILES string of the molecule is CC(=O)NC1CCN(c2nccs2)CC1. The number of hydrogen-bond donors (Lipinski definition) is 1. The van der Waals surface area contributed by atoms with Crippen LogP contribution in [-0.2, 0) is 4.79 Å². The summed E-state index contributed by atoms with van der Waals surface area (Å²) in [7, 11) is 0. The van der Waals surface area contributed by atoms with E-state index in [1.54, 1.807) is 18.3 Å². The van der Waals surface area contributed by atoms with Crippen molar-refractivity contribution < 1.29 is 4.79 Å². The monoisotopic (exact) mass is 225 g/mol. The first-order valence-corrected chi connectivity index (χ1v) is 6.05. The zero-order valence-corrected chi connectivity index (χ0v) is 9.59. The molecule has 0 saturated carbocycles. The number of piperidine rings is 1. The number of nitrogens with zero attached hydrogens (tertiary/aromatic N) is 2. The van der Waals surface area contributed by atoms with Crippen LogP contribution in [0.1, 0.15) is 19.8 Å². The third-order valence-corrected chi connectivity index (χ3v) is 3.42. The van der Waals surface area contributed by atoms with Crippen LogP contribution in [0.2, 0.25) is 0 Å². The Kier molecular flexibility index (Phi) is 3.20. The van der Waals surface area contributed by atoms with Crippen LogP contribution in [-0.4, -0.2) is 30.0 Å². The van der Waals surface area contributed by atoms with Gasteiger partial charge in [0.25, 0.3) is 0 Å². The number of aromatic nitrogens is 1. The molecule has 82 valence electrons. The van der Waals surface area contributed by atoms with Gasteiger partial charge in [0.05, 0.1) is 0 Å². The first kappa shape index (κ1) is 10.4. The van der Waals surface area contributed by atoms with E-state index in [0.29, 0.717) is 6.04 Å². The topological polar surface area (TPSA) is 45.2 Å². The van der Waals surface area contributed by atoms with E-state index >= 15 is 0 Å². The lowest BCUT2D eigenvalue weighted by atomic mass is 10.1. The van der Waals surface area contributed by atoms with Gasteiger partial charge >= 0.3 is 0 Å². The maximum absolute atomic E-state index is 10.9. The van der Waals surface area contributed by atoms with E-state index in [9.17, 15) is 4.79 Å². The van der Waals surface area contributed by atoms with Crippen molar-refractivity contribution in [3.8, 4) is 0 Å². The summed E-state index contributed by atoms with van der Waals surface area (Å²) in [4.78, 5) is 17.5. The van der Waals surface area contributed by atoms with Gasteiger partial charge < -0.3 is 10.2 Å². The molecule has 1 aromatic heterocycles. The first-order chi connectivity index (χ1) is 7.25. The number of anilines is 1. The molecular weight excluding hydrogens is 210 g/mol. The minimum Gasteiger partial charge on any atom is -0.353 e. The third kappa shape index (κ3) is 2.68. The zero-order valence-electron chi connectivity index (χ0n) is 8.77. The minimum absolute atomic E-state index is 0.0719. The van der Waals surface area contributed by atoms with Gasteiger partial charge in [-0.2, -0.15) is 0 Å². The second-order valence-electron chi connectivity index (χ2n) is 3.78. The van der Waals surface area contributed by atoms with Crippen molar-refractivity contribution >= 4 is 22.4 Å². The summed E-state index contributed by atoms with van der Waals surface area (Å²) >= 11 is 1.67. The van der Waals surface area contributed by atoms with E-state index in [0.717, 1.165) is 31.1 Å². The number of rotatable bonds is 2. The third-order valence-electron chi connectivity index (χ3n) is 2.59. The van der Waals surface area contributed by atoms with Gasteiger partial charge in [-0.15, -0.1) is 11.3 Å². The Bertz CT molecular complexity index is 317. The van der Waals surface area contributed by atoms with Crippen LogP contribution in [0.4, 0.5) is 5.13 Å². The van der Waals surface area contributed by atoms with E-state index in [2.05, 4.69) is 15.2 Å². The van der Waals surface area contributed by atoms with Crippen molar-refractivity contribution in [1.29, 1.82) is 0 Å². The molecule has 4 nitrogen and oxygen atoms in total. The number of hydrogen-bond acceptors (Lipinski definition) is 4. The molecule has 1 amide bonds. The molecule has 0 atom stereocenters. The second-order valence-corrected chi connectivity index (χ2v) is 4.65. The number of thiazole rings is 1. The average Bonchev–Trinajstić information content (AvgIpc) is 2.71. The molecule has 1 fully saturated rings. The predicted molar refractivity (Wildman–Crippen MR) is 61.2 cm³/mol. The molecule has 1 aromatic rings. The predicted octanol–water partition coefficient (Wildman–Crippen LogP) is 1.25. The average molecular weight is 225 g/mol. The molecule has 0 unspecified atom stereocenters. The second kappa shape index (κ2) is 4.61. The fourth-order valence-electron chi connectivity index (χ4n) is 1.87. The fraction of sp³-hybridized carbons (Fsp3) is 0.600. The van der Waals surface area contributed by atoms with Gasteiger partial charge in [0.15, 0.2) is 5.13 Å². The summed E-state index contributed by atoms with van der Waals surface area (Å²) in [5, 5.41) is 6.05. The number of carbonyl (C=O) groups is 1. The molecule has 15 heavy (non-hydrogen) atoms. The Morgan fingerprint density at radius 2 is 2.33 bits per heavy atom. The highest BCUT2D eigenvalue weighted by atomic mass is 32.1. The summed E-state index contributed by atoms with van der Waals surface area (Å²) in [6.07, 6.45) is 3.86. The van der Waals surface area contributed by atoms with Crippen LogP contribution in [0.15, 0.2) is 11.6 Å². The van der Waals surface area contributed by atoms with Gasteiger partial charge in [0, 0.05) is 37.6 Å². The lowest BCUT2D eigenvalue weighted by Gasteiger charge is -2.31. The van der Waals surface area contributed by atoms with Crippen molar-refractivity contribution in [1.82, 2.24) is 10.3 Å². The Balaban J connectivity index is 1.84. The molecule has 0 spiro atoms. The highest BCUT2D eigenvalue weighted by molar-refractivity contribution is 7.13. The molecule has 0 aliphatic carbocycles. The first-order valence-electron chi connectivity index (χ1n) is 5.17. The van der Waals surface area contributed by atoms with Crippen LogP contribution < -0.4 is 10.2 Å². The van der Waals surface area contributed by atoms with Crippen LogP contribution in [0.25, 0.3) is 0 Å². The molecular formula is C10H15N3OS. The van der Waals surface area contributed by atoms with E-state index in [1.165, 1.54) is 0 Å². The van der Waals surface area contributed by atoms with Crippen LogP contribution in [0, 0.1) is 0 Å². The Morgan fingerprint density at radius 3 is 2.87 bits per heavy atom. The number of amides is 1. The molecule has 1 aliphatic heterocycles. The quantitative estimate of drug-likeness (QED) is 0.824. The van der Waals surface area contributed by atoms with Crippen LogP contribution >= 0.6 is 11.3 Å². The van der Waals surface area contributed by atoms with Gasteiger partial charge in [0.1, 0.15) is 0 Å². The standard InChI is InChI=1S/C10H15N3OS/c1-8(14)12-9-2-5-13(6-3-9)10-11-4-7-15-10/h4,7,9H,2-3,5-6H2,1H3,(H,12,14). The minimum atomic E-state index is 0.0719. The van der Waals surface area contributed by atoms with Crippen molar-refractivity contribution in [2.75, 3.05) is 18.0 Å². The maximum atomic E-state index is 10.9. The number of carbonyl (C=O) groups excluding carboxylic acids is 1. The summed E-state index contributed by atoms with van der Waals surface area (Å²) in [5.74, 6) is 0.0719. The van der Waals surface area contributed by atoms with E-state index in [-0.39, 0.29) is 5.91 Å². The van der Waals surface area contributed by atoms with Crippen LogP contribution in [0.3, 0.4) is 0 Å². The summed E-state index contributed by atoms with van der Waals surface area (Å²) in [6, 6.07) is 0.346. The highest BCUT2D eigenvalue weighted by Crippen LogP contribution is 2.21. The molecule has 2 heterocycles. The van der Waals surface area contributed by atoms with Crippen molar-refractivity contribution in [3.05, 3.63) is 11.6 Å². The normalized spacial score (nSPS) is 17.8. The molecule has 1 saturated heterocycles. The van der Waals surface area contributed by atoms with Gasteiger partial charge in [-0.25, -0.2) is 4.98 Å². The Hall–Kier alpha value is -1.10. The van der Waals surface area contributed by atoms with Crippen LogP contribution in [0.5, 0.6) is 0 Å². The highest BCUT2D eigenvalue weighted by Gasteiger charge is 2.20. The summed E-state index contributed by atoms with van der Waals surface area (Å²) in [6.45, 7) is 3.55. The Labute approximate surface area is 93.3 Å². The lowest BCUT2D eigenvalue weighted by Crippen LogP contribution is -2.44. The summed E-state index contributed by atoms with van der Waals surface area (Å²) in [5.41, 5.74) is 0. The fourth-order valence-corrected chi connectivity index (χ4v) is 2.57. The molecule has 0 radical (unpaired) electrons. The molecule has 5 heteroatoms. The Morgan fingerprint density at radius 1 is 1.60 bits per heavy atom. The van der Waals surface area contributed by atoms with E-state index in [1.807, 2.05) is 11.6 Å². The maximum Gasteiger partial charge on any atom is 0.217 e. The van der Waals surface area contributed by atoms with Gasteiger partial charge in [-0.3, -0.25) is 4.79 Å². The smallest absolute Gasteiger partial charge is 0.217 e. The van der Waals surface area contributed by atoms with E-state index < -0.39 is 0 Å². The summed E-state index contributed by atoms with van der Waals surface area (Å²) < 4.78 is 0. The van der Waals surface area contributed by atoms with Crippen molar-refractivity contribution in [2.45, 2.75) is 25.8 Å². The lowest BCUT2D eigenvalue weighted by molar-refractivity contribution is -0.119. The van der Waals surface area contributed by atoms with Gasteiger partial charge in [-0.05, 0) is 12.8 Å². The van der Waals surface area contributed by atoms with Gasteiger partial charge in [0.2, 0.25) is 5.91 Å². The zero-order chi connectivity index (χ0) is 10.7.